The first-order valence-electron chi connectivity index (χ1n) is 10.1. The maximum absolute atomic E-state index is 13.1. The van der Waals surface area contributed by atoms with E-state index in [2.05, 4.69) is 14.9 Å². The van der Waals surface area contributed by atoms with E-state index < -0.39 is 0 Å². The lowest BCUT2D eigenvalue weighted by Gasteiger charge is -2.31. The van der Waals surface area contributed by atoms with Crippen LogP contribution in [0.15, 0.2) is 48.5 Å². The number of imidazole rings is 1. The van der Waals surface area contributed by atoms with Gasteiger partial charge in [0.1, 0.15) is 11.6 Å². The number of ether oxygens (including phenoxy) is 1. The van der Waals surface area contributed by atoms with Gasteiger partial charge in [-0.1, -0.05) is 24.3 Å². The Morgan fingerprint density at radius 2 is 2.11 bits per heavy atom. The number of piperidine rings is 1. The number of benzene rings is 2. The Kier molecular flexibility index (Phi) is 5.44. The number of carbonyl (C=O) groups is 1. The number of aromatic amines is 1. The zero-order chi connectivity index (χ0) is 19.5. The number of nitrogens with one attached hydrogen (secondary N) is 1. The van der Waals surface area contributed by atoms with Crippen LogP contribution in [0.4, 0.5) is 0 Å². The highest BCUT2D eigenvalue weighted by Crippen LogP contribution is 2.24. The van der Waals surface area contributed by atoms with Gasteiger partial charge >= 0.3 is 0 Å². The van der Waals surface area contributed by atoms with Crippen molar-refractivity contribution in [2.24, 2.45) is 5.92 Å². The van der Waals surface area contributed by atoms with Crippen molar-refractivity contribution < 1.29 is 9.53 Å². The largest absolute Gasteiger partial charge is 0.491 e. The zero-order valence-electron chi connectivity index (χ0n) is 16.5. The highest BCUT2D eigenvalue weighted by atomic mass is 16.5. The van der Waals surface area contributed by atoms with Crippen LogP contribution in [0.5, 0.6) is 5.75 Å². The predicted molar refractivity (Wildman–Crippen MR) is 111 cm³/mol. The number of fused-ring (bicyclic) bond motifs is 1. The molecule has 1 aromatic heterocycles. The highest BCUT2D eigenvalue weighted by Gasteiger charge is 2.27. The second kappa shape index (κ2) is 8.15. The molecule has 0 spiro atoms. The predicted octanol–water partition coefficient (Wildman–Crippen LogP) is 4.45. The molecule has 0 amide bonds. The number of hydrogen-bond donors (Lipinski definition) is 1. The third-order valence-electron chi connectivity index (χ3n) is 5.18. The van der Waals surface area contributed by atoms with E-state index in [1.807, 2.05) is 62.4 Å². The van der Waals surface area contributed by atoms with Gasteiger partial charge in [-0.2, -0.15) is 0 Å². The summed E-state index contributed by atoms with van der Waals surface area (Å²) in [6, 6.07) is 15.7. The fourth-order valence-electron chi connectivity index (χ4n) is 3.94. The Balaban J connectivity index is 1.43. The van der Waals surface area contributed by atoms with E-state index in [-0.39, 0.29) is 17.8 Å². The minimum Gasteiger partial charge on any atom is -0.491 e. The van der Waals surface area contributed by atoms with Gasteiger partial charge in [0, 0.05) is 18.0 Å². The third-order valence-corrected chi connectivity index (χ3v) is 5.18. The molecule has 3 aromatic rings. The summed E-state index contributed by atoms with van der Waals surface area (Å²) in [5.74, 6) is 1.95. The monoisotopic (exact) mass is 377 g/mol. The van der Waals surface area contributed by atoms with Crippen LogP contribution in [0.3, 0.4) is 0 Å². The SMILES string of the molecule is CC(C)Oc1cccc(C(=O)C2CCCN(Cc3nc4ccccc4[nH]3)C2)c1. The number of para-hydroxylation sites is 2. The van der Waals surface area contributed by atoms with Crippen molar-refractivity contribution in [1.82, 2.24) is 14.9 Å². The average molecular weight is 377 g/mol. The smallest absolute Gasteiger partial charge is 0.167 e. The maximum atomic E-state index is 13.1. The Morgan fingerprint density at radius 1 is 1.25 bits per heavy atom. The molecule has 1 atom stereocenters. The molecule has 0 radical (unpaired) electrons. The molecule has 1 saturated heterocycles. The van der Waals surface area contributed by atoms with Crippen LogP contribution in [-0.4, -0.2) is 39.8 Å². The minimum absolute atomic E-state index is 0.0208. The van der Waals surface area contributed by atoms with Crippen molar-refractivity contribution in [1.29, 1.82) is 0 Å². The summed E-state index contributed by atoms with van der Waals surface area (Å²) in [7, 11) is 0. The van der Waals surface area contributed by atoms with Crippen molar-refractivity contribution in [2.45, 2.75) is 39.3 Å². The Hall–Kier alpha value is -2.66. The normalized spacial score (nSPS) is 17.9. The van der Waals surface area contributed by atoms with Gasteiger partial charge in [0.2, 0.25) is 0 Å². The first-order valence-corrected chi connectivity index (χ1v) is 10.1. The van der Waals surface area contributed by atoms with Crippen LogP contribution in [0, 0.1) is 5.92 Å². The molecule has 0 bridgehead atoms. The maximum Gasteiger partial charge on any atom is 0.167 e. The first-order chi connectivity index (χ1) is 13.6. The van der Waals surface area contributed by atoms with Gasteiger partial charge < -0.3 is 9.72 Å². The number of H-pyrrole nitrogens is 1. The molecule has 0 aliphatic carbocycles. The van der Waals surface area contributed by atoms with E-state index in [1.54, 1.807) is 0 Å². The molecule has 1 N–H and O–H groups in total. The summed E-state index contributed by atoms with van der Waals surface area (Å²) >= 11 is 0. The summed E-state index contributed by atoms with van der Waals surface area (Å²) in [5, 5.41) is 0. The number of Topliss-reactive ketones (excluding diaryl/α,β-unsaturated/α-hetero) is 1. The van der Waals surface area contributed by atoms with E-state index in [0.29, 0.717) is 0 Å². The Labute approximate surface area is 165 Å². The molecular weight excluding hydrogens is 350 g/mol. The second-order valence-electron chi connectivity index (χ2n) is 7.83. The zero-order valence-corrected chi connectivity index (χ0v) is 16.5. The van der Waals surface area contributed by atoms with E-state index in [1.165, 1.54) is 0 Å². The molecular formula is C23H27N3O2. The number of rotatable bonds is 6. The molecule has 1 fully saturated rings. The lowest BCUT2D eigenvalue weighted by molar-refractivity contribution is 0.0808. The standard InChI is InChI=1S/C23H27N3O2/c1-16(2)28-19-9-5-7-17(13-19)23(27)18-8-6-12-26(14-18)15-22-24-20-10-3-4-11-21(20)25-22/h3-5,7,9-11,13,16,18H,6,8,12,14-15H2,1-2H3,(H,24,25). The van der Waals surface area contributed by atoms with Crippen molar-refractivity contribution in [3.63, 3.8) is 0 Å². The summed E-state index contributed by atoms with van der Waals surface area (Å²) in [5.41, 5.74) is 2.79. The molecule has 5 heteroatoms. The van der Waals surface area contributed by atoms with Crippen LogP contribution in [0.25, 0.3) is 11.0 Å². The number of nitrogens with zero attached hydrogens (tertiary/aromatic N) is 2. The summed E-state index contributed by atoms with van der Waals surface area (Å²) < 4.78 is 5.75. The van der Waals surface area contributed by atoms with Crippen molar-refractivity contribution >= 4 is 16.8 Å². The van der Waals surface area contributed by atoms with Gasteiger partial charge in [-0.25, -0.2) is 4.98 Å². The minimum atomic E-state index is 0.0208. The van der Waals surface area contributed by atoms with Crippen LogP contribution in [0.1, 0.15) is 42.9 Å². The lowest BCUT2D eigenvalue weighted by atomic mass is 9.90. The van der Waals surface area contributed by atoms with Crippen molar-refractivity contribution in [3.05, 3.63) is 59.9 Å². The topological polar surface area (TPSA) is 58.2 Å². The number of hydrogen-bond acceptors (Lipinski definition) is 4. The quantitative estimate of drug-likeness (QED) is 0.645. The Bertz CT molecular complexity index is 930. The van der Waals surface area contributed by atoms with Crippen molar-refractivity contribution in [2.75, 3.05) is 13.1 Å². The molecule has 0 saturated carbocycles. The van der Waals surface area contributed by atoms with Crippen LogP contribution < -0.4 is 4.74 Å². The number of aromatic nitrogens is 2. The highest BCUT2D eigenvalue weighted by molar-refractivity contribution is 5.98. The van der Waals surface area contributed by atoms with Gasteiger partial charge in [0.15, 0.2) is 5.78 Å². The van der Waals surface area contributed by atoms with Gasteiger partial charge in [-0.05, 0) is 57.5 Å². The van der Waals surface area contributed by atoms with E-state index in [4.69, 9.17) is 4.74 Å². The van der Waals surface area contributed by atoms with Gasteiger partial charge in [-0.3, -0.25) is 9.69 Å². The average Bonchev–Trinajstić information content (AvgIpc) is 3.09. The Morgan fingerprint density at radius 3 is 2.93 bits per heavy atom. The first kappa shape index (κ1) is 18.7. The molecule has 2 aromatic carbocycles. The van der Waals surface area contributed by atoms with Crippen LogP contribution in [0.2, 0.25) is 0 Å². The summed E-state index contributed by atoms with van der Waals surface area (Å²) in [6.07, 6.45) is 2.06. The van der Waals surface area contributed by atoms with Gasteiger partial charge in [0.05, 0.1) is 23.7 Å². The fraction of sp³-hybridized carbons (Fsp3) is 0.391. The van der Waals surface area contributed by atoms with Crippen molar-refractivity contribution in [3.8, 4) is 5.75 Å². The third kappa shape index (κ3) is 4.25. The van der Waals surface area contributed by atoms with Crippen LogP contribution >= 0.6 is 0 Å². The van der Waals surface area contributed by atoms with Crippen LogP contribution in [-0.2, 0) is 6.54 Å². The summed E-state index contributed by atoms with van der Waals surface area (Å²) in [6.45, 7) is 6.49. The molecule has 4 rings (SSSR count). The molecule has 5 nitrogen and oxygen atoms in total. The molecule has 2 heterocycles. The van der Waals surface area contributed by atoms with E-state index >= 15 is 0 Å². The molecule has 146 valence electrons. The number of likely N-dealkylation sites (tertiary alicyclic amines) is 1. The van der Waals surface area contributed by atoms with Gasteiger partial charge in [0.25, 0.3) is 0 Å². The van der Waals surface area contributed by atoms with E-state index in [0.717, 1.165) is 60.6 Å². The fourth-order valence-corrected chi connectivity index (χ4v) is 3.94. The summed E-state index contributed by atoms with van der Waals surface area (Å²) in [4.78, 5) is 23.5. The molecule has 28 heavy (non-hydrogen) atoms. The number of ketones is 1. The molecule has 1 unspecified atom stereocenters. The molecule has 1 aliphatic heterocycles. The van der Waals surface area contributed by atoms with Gasteiger partial charge in [-0.15, -0.1) is 0 Å². The molecule has 1 aliphatic rings. The number of carbonyl (C=O) groups excluding carboxylic acids is 1. The second-order valence-corrected chi connectivity index (χ2v) is 7.83. The lowest BCUT2D eigenvalue weighted by Crippen LogP contribution is -2.38. The van der Waals surface area contributed by atoms with E-state index in [9.17, 15) is 4.79 Å².